The van der Waals surface area contributed by atoms with E-state index in [0.717, 1.165) is 29.1 Å². The molecule has 0 aliphatic carbocycles. The average Bonchev–Trinajstić information content (AvgIpc) is 3.00. The van der Waals surface area contributed by atoms with Gasteiger partial charge in [0.1, 0.15) is 0 Å². The van der Waals surface area contributed by atoms with Crippen molar-refractivity contribution in [3.8, 4) is 0 Å². The number of amides is 2. The number of hydrogen-bond acceptors (Lipinski definition) is 5. The summed E-state index contributed by atoms with van der Waals surface area (Å²) in [6.45, 7) is 8.45. The Bertz CT molecular complexity index is 1520. The van der Waals surface area contributed by atoms with Crippen LogP contribution in [0.15, 0.2) is 89.9 Å². The van der Waals surface area contributed by atoms with Crippen LogP contribution in [0.25, 0.3) is 10.8 Å². The lowest BCUT2D eigenvalue weighted by Gasteiger charge is -2.36. The molecule has 2 heterocycles. The fourth-order valence-electron chi connectivity index (χ4n) is 5.11. The molecule has 0 atom stereocenters. The van der Waals surface area contributed by atoms with Crippen molar-refractivity contribution in [2.45, 2.75) is 13.8 Å². The predicted octanol–water partition coefficient (Wildman–Crippen LogP) is 4.19. The molecule has 4 aromatic rings. The van der Waals surface area contributed by atoms with Gasteiger partial charge in [-0.1, -0.05) is 36.4 Å². The van der Waals surface area contributed by atoms with Crippen LogP contribution < -0.4 is 20.8 Å². The van der Waals surface area contributed by atoms with E-state index < -0.39 is 5.91 Å². The lowest BCUT2D eigenvalue weighted by molar-refractivity contribution is 0.0747. The molecular formula is C31H33N5O3. The van der Waals surface area contributed by atoms with Gasteiger partial charge in [-0.2, -0.15) is 0 Å². The first-order valence-corrected chi connectivity index (χ1v) is 13.4. The molecular weight excluding hydrogens is 490 g/mol. The minimum absolute atomic E-state index is 0.162. The van der Waals surface area contributed by atoms with Crippen molar-refractivity contribution < 1.29 is 9.59 Å². The Labute approximate surface area is 228 Å². The number of anilines is 2. The number of para-hydroxylation sites is 1. The highest BCUT2D eigenvalue weighted by molar-refractivity contribution is 6.07. The lowest BCUT2D eigenvalue weighted by atomic mass is 10.1. The number of pyridine rings is 1. The smallest absolute Gasteiger partial charge is 0.277 e. The second kappa shape index (κ2) is 11.4. The molecule has 0 spiro atoms. The van der Waals surface area contributed by atoms with Crippen LogP contribution in [0.5, 0.6) is 0 Å². The van der Waals surface area contributed by atoms with Crippen molar-refractivity contribution in [3.63, 3.8) is 0 Å². The van der Waals surface area contributed by atoms with E-state index in [0.29, 0.717) is 48.1 Å². The summed E-state index contributed by atoms with van der Waals surface area (Å²) in [6.07, 6.45) is 1.46. The lowest BCUT2D eigenvalue weighted by Crippen LogP contribution is -2.49. The quantitative estimate of drug-likeness (QED) is 0.393. The Kier molecular flexibility index (Phi) is 7.63. The van der Waals surface area contributed by atoms with Crippen LogP contribution in [0.2, 0.25) is 0 Å². The molecule has 0 radical (unpaired) electrons. The van der Waals surface area contributed by atoms with Crippen LogP contribution in [-0.4, -0.2) is 60.7 Å². The number of carbonyl (C=O) groups excluding carboxylic acids is 2. The van der Waals surface area contributed by atoms with E-state index in [1.807, 2.05) is 41.3 Å². The maximum atomic E-state index is 13.7. The number of carbonyl (C=O) groups is 2. The minimum atomic E-state index is -0.423. The number of benzene rings is 3. The van der Waals surface area contributed by atoms with E-state index >= 15 is 0 Å². The van der Waals surface area contributed by atoms with Gasteiger partial charge in [0.25, 0.3) is 17.4 Å². The molecule has 1 aliphatic rings. The molecule has 1 saturated heterocycles. The van der Waals surface area contributed by atoms with Gasteiger partial charge >= 0.3 is 0 Å². The second-order valence-electron chi connectivity index (χ2n) is 9.54. The van der Waals surface area contributed by atoms with Gasteiger partial charge in [0, 0.05) is 73.2 Å². The number of nitrogens with one attached hydrogen (secondary N) is 1. The summed E-state index contributed by atoms with van der Waals surface area (Å²) < 4.78 is 1.14. The molecule has 1 aromatic heterocycles. The zero-order valence-corrected chi connectivity index (χ0v) is 22.3. The molecule has 0 bridgehead atoms. The average molecular weight is 524 g/mol. The number of hydrogen-bond donors (Lipinski definition) is 1. The fraction of sp³-hybridized carbons (Fsp3) is 0.258. The predicted molar refractivity (Wildman–Crippen MR) is 156 cm³/mol. The van der Waals surface area contributed by atoms with E-state index in [2.05, 4.69) is 41.2 Å². The van der Waals surface area contributed by atoms with Crippen LogP contribution in [0.4, 0.5) is 11.4 Å². The van der Waals surface area contributed by atoms with E-state index in [1.54, 1.807) is 30.3 Å². The molecule has 0 unspecified atom stereocenters. The maximum absolute atomic E-state index is 13.7. The van der Waals surface area contributed by atoms with Crippen molar-refractivity contribution in [3.05, 3.63) is 107 Å². The molecule has 1 aliphatic heterocycles. The third kappa shape index (κ3) is 5.36. The summed E-state index contributed by atoms with van der Waals surface area (Å²) >= 11 is 0. The van der Waals surface area contributed by atoms with E-state index in [9.17, 15) is 14.4 Å². The third-order valence-electron chi connectivity index (χ3n) is 7.32. The molecule has 200 valence electrons. The number of piperazine rings is 1. The first-order valence-electron chi connectivity index (χ1n) is 13.4. The number of rotatable bonds is 7. The number of aromatic nitrogens is 1. The molecule has 39 heavy (non-hydrogen) atoms. The summed E-state index contributed by atoms with van der Waals surface area (Å²) in [5.74, 6) is -0.584. The van der Waals surface area contributed by atoms with E-state index in [-0.39, 0.29) is 11.5 Å². The Morgan fingerprint density at radius 3 is 2.05 bits per heavy atom. The highest BCUT2D eigenvalue weighted by Gasteiger charge is 2.25. The summed E-state index contributed by atoms with van der Waals surface area (Å²) in [5.41, 5.74) is 5.28. The molecule has 2 amide bonds. The zero-order valence-electron chi connectivity index (χ0n) is 22.3. The molecule has 8 nitrogen and oxygen atoms in total. The Balaban J connectivity index is 1.39. The van der Waals surface area contributed by atoms with Crippen molar-refractivity contribution >= 4 is 34.0 Å². The fourth-order valence-corrected chi connectivity index (χ4v) is 5.11. The largest absolute Gasteiger partial charge is 0.372 e. The normalized spacial score (nSPS) is 13.4. The van der Waals surface area contributed by atoms with Gasteiger partial charge in [-0.3, -0.25) is 19.8 Å². The summed E-state index contributed by atoms with van der Waals surface area (Å²) in [6, 6.07) is 24.5. The second-order valence-corrected chi connectivity index (χ2v) is 9.54. The highest BCUT2D eigenvalue weighted by Crippen LogP contribution is 2.21. The van der Waals surface area contributed by atoms with Crippen LogP contribution in [-0.2, 0) is 0 Å². The molecule has 3 aromatic carbocycles. The van der Waals surface area contributed by atoms with Gasteiger partial charge in [-0.25, -0.2) is 4.68 Å². The van der Waals surface area contributed by atoms with Crippen LogP contribution in [0.1, 0.15) is 34.6 Å². The van der Waals surface area contributed by atoms with Gasteiger partial charge < -0.3 is 14.7 Å². The topological polar surface area (TPSA) is 77.9 Å². The first kappa shape index (κ1) is 26.0. The summed E-state index contributed by atoms with van der Waals surface area (Å²) in [7, 11) is 0. The first-order chi connectivity index (χ1) is 19.0. The van der Waals surface area contributed by atoms with Gasteiger partial charge in [0.2, 0.25) is 0 Å². The summed E-state index contributed by atoms with van der Waals surface area (Å²) in [5, 5.41) is 0.954. The van der Waals surface area contributed by atoms with Crippen LogP contribution >= 0.6 is 0 Å². The zero-order chi connectivity index (χ0) is 27.4. The number of fused-ring (bicyclic) bond motifs is 1. The van der Waals surface area contributed by atoms with Crippen LogP contribution in [0, 0.1) is 0 Å². The number of nitrogens with zero attached hydrogens (tertiary/aromatic N) is 4. The van der Waals surface area contributed by atoms with Gasteiger partial charge in [0.05, 0.1) is 5.56 Å². The molecule has 1 N–H and O–H groups in total. The van der Waals surface area contributed by atoms with Crippen molar-refractivity contribution in [1.82, 2.24) is 9.58 Å². The van der Waals surface area contributed by atoms with Crippen molar-refractivity contribution in [1.29, 1.82) is 0 Å². The Hall–Kier alpha value is -4.59. The molecule has 5 rings (SSSR count). The minimum Gasteiger partial charge on any atom is -0.372 e. The standard InChI is InChI=1S/C31H33N5O3/c1-3-33(4-2)25-16-14-23(15-17-25)29(37)32-36-22-28(26-12-8-9-13-27(26)31(36)39)30(38)35-20-18-34(19-21-35)24-10-6-5-7-11-24/h5-17,22H,3-4,18-21H2,1-2H3,(H,32,37). The SMILES string of the molecule is CCN(CC)c1ccc(C(=O)Nn2cc(C(=O)N3CCN(c4ccccc4)CC3)c3ccccc3c2=O)cc1. The van der Waals surface area contributed by atoms with Gasteiger partial charge in [-0.05, 0) is 56.3 Å². The Morgan fingerprint density at radius 2 is 1.41 bits per heavy atom. The highest BCUT2D eigenvalue weighted by atomic mass is 16.2. The molecule has 0 saturated carbocycles. The van der Waals surface area contributed by atoms with Gasteiger partial charge in [-0.15, -0.1) is 0 Å². The van der Waals surface area contributed by atoms with Crippen LogP contribution in [0.3, 0.4) is 0 Å². The van der Waals surface area contributed by atoms with Crippen molar-refractivity contribution in [2.75, 3.05) is 54.5 Å². The van der Waals surface area contributed by atoms with E-state index in [4.69, 9.17) is 0 Å². The maximum Gasteiger partial charge on any atom is 0.277 e. The van der Waals surface area contributed by atoms with E-state index in [1.165, 1.54) is 6.20 Å². The van der Waals surface area contributed by atoms with Crippen molar-refractivity contribution in [2.24, 2.45) is 0 Å². The third-order valence-corrected chi connectivity index (χ3v) is 7.32. The summed E-state index contributed by atoms with van der Waals surface area (Å²) in [4.78, 5) is 46.3. The monoisotopic (exact) mass is 523 g/mol. The molecule has 8 heteroatoms. The van der Waals surface area contributed by atoms with Gasteiger partial charge in [0.15, 0.2) is 0 Å². The molecule has 1 fully saturated rings. The Morgan fingerprint density at radius 1 is 0.795 bits per heavy atom.